The molecule has 0 saturated heterocycles. The molecule has 1 N–H and O–H groups in total. The number of nitrogens with zero attached hydrogens (tertiary/aromatic N) is 1. The smallest absolute Gasteiger partial charge is 0.410 e. The third-order valence-electron chi connectivity index (χ3n) is 3.14. The third-order valence-corrected chi connectivity index (χ3v) is 3.14. The number of ether oxygens (including phenoxy) is 2. The van der Waals surface area contributed by atoms with E-state index in [9.17, 15) is 4.79 Å². The van der Waals surface area contributed by atoms with Gasteiger partial charge in [0.1, 0.15) is 5.60 Å². The van der Waals surface area contributed by atoms with Crippen LogP contribution in [0, 0.1) is 0 Å². The van der Waals surface area contributed by atoms with Gasteiger partial charge in [0.2, 0.25) is 0 Å². The molecule has 1 fully saturated rings. The Balaban J connectivity index is 2.33. The summed E-state index contributed by atoms with van der Waals surface area (Å²) >= 11 is 0. The Morgan fingerprint density at radius 2 is 2.00 bits per heavy atom. The standard InChI is InChI=1S/C14H28N2O3/c1-14(2,3)19-13(17)16(10-11-18-4)9-8-15-12-6-5-7-12/h12,15H,5-11H2,1-4H3. The average molecular weight is 272 g/mol. The number of amides is 1. The molecule has 1 saturated carbocycles. The molecule has 0 atom stereocenters. The molecule has 0 radical (unpaired) electrons. The van der Waals surface area contributed by atoms with Crippen LogP contribution in [0.3, 0.4) is 0 Å². The summed E-state index contributed by atoms with van der Waals surface area (Å²) in [4.78, 5) is 13.8. The summed E-state index contributed by atoms with van der Waals surface area (Å²) in [6.45, 7) is 8.22. The molecular formula is C14H28N2O3. The van der Waals surface area contributed by atoms with E-state index < -0.39 is 5.60 Å². The molecule has 1 amide bonds. The molecule has 1 aliphatic rings. The zero-order valence-corrected chi connectivity index (χ0v) is 12.7. The topological polar surface area (TPSA) is 50.8 Å². The van der Waals surface area contributed by atoms with Crippen LogP contribution in [0.2, 0.25) is 0 Å². The zero-order chi connectivity index (χ0) is 14.3. The van der Waals surface area contributed by atoms with Crippen molar-refractivity contribution in [2.75, 3.05) is 33.4 Å². The van der Waals surface area contributed by atoms with Crippen LogP contribution in [0.1, 0.15) is 40.0 Å². The van der Waals surface area contributed by atoms with Gasteiger partial charge in [-0.1, -0.05) is 6.42 Å². The van der Waals surface area contributed by atoms with Gasteiger partial charge in [0.15, 0.2) is 0 Å². The number of carbonyl (C=O) groups is 1. The lowest BCUT2D eigenvalue weighted by atomic mass is 9.93. The summed E-state index contributed by atoms with van der Waals surface area (Å²) in [7, 11) is 1.64. The van der Waals surface area contributed by atoms with Crippen LogP contribution < -0.4 is 5.32 Å². The second-order valence-corrected chi connectivity index (χ2v) is 6.04. The lowest BCUT2D eigenvalue weighted by molar-refractivity contribution is 0.0201. The number of methoxy groups -OCH3 is 1. The van der Waals surface area contributed by atoms with E-state index in [0.29, 0.717) is 25.7 Å². The Bertz CT molecular complexity index is 272. The summed E-state index contributed by atoms with van der Waals surface area (Å²) < 4.78 is 10.4. The molecule has 0 bridgehead atoms. The van der Waals surface area contributed by atoms with Gasteiger partial charge in [-0.3, -0.25) is 0 Å². The highest BCUT2D eigenvalue weighted by Crippen LogP contribution is 2.17. The van der Waals surface area contributed by atoms with Crippen molar-refractivity contribution in [1.29, 1.82) is 0 Å². The van der Waals surface area contributed by atoms with Gasteiger partial charge in [-0.2, -0.15) is 0 Å². The van der Waals surface area contributed by atoms with Crippen LogP contribution in [0.4, 0.5) is 4.79 Å². The average Bonchev–Trinajstić information content (AvgIpc) is 2.23. The van der Waals surface area contributed by atoms with Crippen LogP contribution in [-0.4, -0.2) is 56.0 Å². The van der Waals surface area contributed by atoms with Crippen molar-refractivity contribution in [3.05, 3.63) is 0 Å². The Morgan fingerprint density at radius 1 is 1.32 bits per heavy atom. The minimum absolute atomic E-state index is 0.264. The van der Waals surface area contributed by atoms with Crippen molar-refractivity contribution < 1.29 is 14.3 Å². The van der Waals surface area contributed by atoms with E-state index in [1.807, 2.05) is 20.8 Å². The van der Waals surface area contributed by atoms with E-state index in [1.54, 1.807) is 12.0 Å². The Kier molecular flexibility index (Phi) is 6.58. The number of nitrogens with one attached hydrogen (secondary N) is 1. The van der Waals surface area contributed by atoms with Gasteiger partial charge in [-0.15, -0.1) is 0 Å². The van der Waals surface area contributed by atoms with Gasteiger partial charge in [0.25, 0.3) is 0 Å². The third kappa shape index (κ3) is 6.78. The predicted molar refractivity (Wildman–Crippen MR) is 75.3 cm³/mol. The number of hydrogen-bond acceptors (Lipinski definition) is 4. The molecule has 0 aromatic heterocycles. The van der Waals surface area contributed by atoms with E-state index >= 15 is 0 Å². The lowest BCUT2D eigenvalue weighted by Crippen LogP contribution is -2.44. The van der Waals surface area contributed by atoms with E-state index in [0.717, 1.165) is 6.54 Å². The fraction of sp³-hybridized carbons (Fsp3) is 0.929. The maximum Gasteiger partial charge on any atom is 0.410 e. The molecule has 1 rings (SSSR count). The lowest BCUT2D eigenvalue weighted by Gasteiger charge is -2.30. The maximum absolute atomic E-state index is 12.0. The second-order valence-electron chi connectivity index (χ2n) is 6.04. The SMILES string of the molecule is COCCN(CCNC1CCC1)C(=O)OC(C)(C)C. The molecule has 5 heteroatoms. The normalized spacial score (nSPS) is 16.0. The fourth-order valence-corrected chi connectivity index (χ4v) is 1.84. The molecule has 19 heavy (non-hydrogen) atoms. The first kappa shape index (κ1) is 16.2. The predicted octanol–water partition coefficient (Wildman–Crippen LogP) is 2.01. The van der Waals surface area contributed by atoms with Gasteiger partial charge in [0.05, 0.1) is 6.61 Å². The van der Waals surface area contributed by atoms with Crippen LogP contribution in [0.15, 0.2) is 0 Å². The maximum atomic E-state index is 12.0. The summed E-state index contributed by atoms with van der Waals surface area (Å²) in [5.74, 6) is 0. The summed E-state index contributed by atoms with van der Waals surface area (Å²) in [5, 5.41) is 3.45. The first-order chi connectivity index (χ1) is 8.92. The fourth-order valence-electron chi connectivity index (χ4n) is 1.84. The highest BCUT2D eigenvalue weighted by molar-refractivity contribution is 5.68. The van der Waals surface area contributed by atoms with Crippen molar-refractivity contribution in [3.8, 4) is 0 Å². The van der Waals surface area contributed by atoms with Crippen LogP contribution in [-0.2, 0) is 9.47 Å². The largest absolute Gasteiger partial charge is 0.444 e. The number of rotatable bonds is 7. The van der Waals surface area contributed by atoms with Gasteiger partial charge < -0.3 is 19.7 Å². The van der Waals surface area contributed by atoms with Crippen LogP contribution >= 0.6 is 0 Å². The quantitative estimate of drug-likeness (QED) is 0.770. The Hall–Kier alpha value is -0.810. The second kappa shape index (κ2) is 7.70. The highest BCUT2D eigenvalue weighted by atomic mass is 16.6. The summed E-state index contributed by atoms with van der Waals surface area (Å²) in [6.07, 6.45) is 3.56. The van der Waals surface area contributed by atoms with Gasteiger partial charge in [0, 0.05) is 32.8 Å². The van der Waals surface area contributed by atoms with E-state index in [4.69, 9.17) is 9.47 Å². The van der Waals surface area contributed by atoms with E-state index in [1.165, 1.54) is 19.3 Å². The zero-order valence-electron chi connectivity index (χ0n) is 12.7. The van der Waals surface area contributed by atoms with Crippen molar-refractivity contribution in [2.45, 2.75) is 51.7 Å². The van der Waals surface area contributed by atoms with Gasteiger partial charge >= 0.3 is 6.09 Å². The Labute approximate surface area is 116 Å². The van der Waals surface area contributed by atoms with Crippen molar-refractivity contribution in [3.63, 3.8) is 0 Å². The first-order valence-electron chi connectivity index (χ1n) is 7.12. The van der Waals surface area contributed by atoms with Crippen LogP contribution in [0.25, 0.3) is 0 Å². The van der Waals surface area contributed by atoms with Crippen LogP contribution in [0.5, 0.6) is 0 Å². The number of hydrogen-bond donors (Lipinski definition) is 1. The van der Waals surface area contributed by atoms with Gasteiger partial charge in [-0.05, 0) is 33.6 Å². The van der Waals surface area contributed by atoms with Crippen molar-refractivity contribution in [1.82, 2.24) is 10.2 Å². The first-order valence-corrected chi connectivity index (χ1v) is 7.12. The van der Waals surface area contributed by atoms with Crippen molar-refractivity contribution in [2.24, 2.45) is 0 Å². The molecule has 0 aromatic carbocycles. The number of carbonyl (C=O) groups excluding carboxylic acids is 1. The minimum atomic E-state index is -0.455. The van der Waals surface area contributed by atoms with Crippen molar-refractivity contribution >= 4 is 6.09 Å². The van der Waals surface area contributed by atoms with E-state index in [2.05, 4.69) is 5.32 Å². The Morgan fingerprint density at radius 3 is 2.47 bits per heavy atom. The van der Waals surface area contributed by atoms with Gasteiger partial charge in [-0.25, -0.2) is 4.79 Å². The molecule has 5 nitrogen and oxygen atoms in total. The molecule has 0 heterocycles. The highest BCUT2D eigenvalue weighted by Gasteiger charge is 2.22. The van der Waals surface area contributed by atoms with E-state index in [-0.39, 0.29) is 6.09 Å². The monoisotopic (exact) mass is 272 g/mol. The minimum Gasteiger partial charge on any atom is -0.444 e. The summed E-state index contributed by atoms with van der Waals surface area (Å²) in [5.41, 5.74) is -0.455. The molecule has 1 aliphatic carbocycles. The summed E-state index contributed by atoms with van der Waals surface area (Å²) in [6, 6.07) is 0.642. The molecule has 0 aliphatic heterocycles. The molecule has 112 valence electrons. The molecule has 0 aromatic rings. The molecule has 0 unspecified atom stereocenters. The molecule has 0 spiro atoms. The molecular weight excluding hydrogens is 244 g/mol.